The van der Waals surface area contributed by atoms with Gasteiger partial charge in [0.15, 0.2) is 0 Å². The van der Waals surface area contributed by atoms with Crippen LogP contribution in [0.1, 0.15) is 12.8 Å². The van der Waals surface area contributed by atoms with Crippen molar-refractivity contribution in [3.05, 3.63) is 12.3 Å². The number of ether oxygens (including phenoxy) is 1. The van der Waals surface area contributed by atoms with E-state index in [4.69, 9.17) is 0 Å². The number of esters is 1. The normalized spacial score (nSPS) is 17.4. The van der Waals surface area contributed by atoms with E-state index in [1.807, 2.05) is 0 Å². The van der Waals surface area contributed by atoms with Crippen molar-refractivity contribution in [2.75, 3.05) is 13.7 Å². The molecule has 66 valence electrons. The third-order valence-electron chi connectivity index (χ3n) is 1.70. The summed E-state index contributed by atoms with van der Waals surface area (Å²) in [6.45, 7) is 0.701. The molecule has 1 aliphatic heterocycles. The van der Waals surface area contributed by atoms with E-state index < -0.39 is 5.97 Å². The number of hydrogen-bond donors (Lipinski definition) is 0. The molecule has 1 heterocycles. The maximum absolute atomic E-state index is 11.0. The van der Waals surface area contributed by atoms with Gasteiger partial charge in [0.25, 0.3) is 0 Å². The zero-order chi connectivity index (χ0) is 8.97. The van der Waals surface area contributed by atoms with Crippen LogP contribution in [-0.2, 0) is 14.3 Å². The first-order valence-corrected chi connectivity index (χ1v) is 3.79. The molecule has 0 aromatic carbocycles. The summed E-state index contributed by atoms with van der Waals surface area (Å²) < 4.78 is 4.38. The summed E-state index contributed by atoms with van der Waals surface area (Å²) in [5, 5.41) is 0. The van der Waals surface area contributed by atoms with Crippen LogP contribution in [0.15, 0.2) is 12.3 Å². The Balaban J connectivity index is 2.44. The van der Waals surface area contributed by atoms with Gasteiger partial charge in [-0.1, -0.05) is 0 Å². The third kappa shape index (κ3) is 2.08. The van der Waals surface area contributed by atoms with Crippen molar-refractivity contribution in [2.24, 2.45) is 0 Å². The standard InChI is InChI=1S/C8H11NO3/c1-12-8(11)4-6-9-5-2-3-7(9)10/h4,6H,2-3,5H2,1H3/b6-4+. The number of rotatable bonds is 2. The van der Waals surface area contributed by atoms with Crippen LogP contribution in [0.2, 0.25) is 0 Å². The van der Waals surface area contributed by atoms with Crippen LogP contribution in [0.5, 0.6) is 0 Å². The molecule has 1 aliphatic rings. The molecule has 12 heavy (non-hydrogen) atoms. The van der Waals surface area contributed by atoms with Gasteiger partial charge >= 0.3 is 5.97 Å². The molecule has 1 fully saturated rings. The zero-order valence-electron chi connectivity index (χ0n) is 6.95. The molecule has 0 radical (unpaired) electrons. The molecule has 0 N–H and O–H groups in total. The van der Waals surface area contributed by atoms with E-state index in [-0.39, 0.29) is 5.91 Å². The Bertz CT molecular complexity index is 222. The van der Waals surface area contributed by atoms with Gasteiger partial charge < -0.3 is 9.64 Å². The van der Waals surface area contributed by atoms with E-state index in [9.17, 15) is 9.59 Å². The Morgan fingerprint density at radius 3 is 2.92 bits per heavy atom. The second-order valence-corrected chi connectivity index (χ2v) is 2.53. The van der Waals surface area contributed by atoms with Crippen molar-refractivity contribution in [1.82, 2.24) is 4.90 Å². The summed E-state index contributed by atoms with van der Waals surface area (Å²) in [7, 11) is 1.30. The van der Waals surface area contributed by atoms with E-state index in [0.717, 1.165) is 6.42 Å². The molecule has 1 saturated heterocycles. The maximum Gasteiger partial charge on any atom is 0.331 e. The molecule has 0 aromatic heterocycles. The fourth-order valence-electron chi connectivity index (χ4n) is 1.05. The minimum atomic E-state index is -0.435. The third-order valence-corrected chi connectivity index (χ3v) is 1.70. The monoisotopic (exact) mass is 169 g/mol. The van der Waals surface area contributed by atoms with Gasteiger partial charge in [0, 0.05) is 25.2 Å². The fraction of sp³-hybridized carbons (Fsp3) is 0.500. The highest BCUT2D eigenvalue weighted by Crippen LogP contribution is 2.09. The van der Waals surface area contributed by atoms with E-state index in [0.29, 0.717) is 13.0 Å². The van der Waals surface area contributed by atoms with Crippen LogP contribution in [0, 0.1) is 0 Å². The number of hydrogen-bond acceptors (Lipinski definition) is 3. The number of likely N-dealkylation sites (tertiary alicyclic amines) is 1. The molecule has 4 heteroatoms. The Hall–Kier alpha value is -1.32. The second kappa shape index (κ2) is 3.90. The average molecular weight is 169 g/mol. The largest absolute Gasteiger partial charge is 0.466 e. The van der Waals surface area contributed by atoms with Gasteiger partial charge in [-0.3, -0.25) is 4.79 Å². The fourth-order valence-corrected chi connectivity index (χ4v) is 1.05. The summed E-state index contributed by atoms with van der Waals surface area (Å²) in [5.41, 5.74) is 0. The average Bonchev–Trinajstić information content (AvgIpc) is 2.47. The number of carbonyl (C=O) groups is 2. The van der Waals surface area contributed by atoms with Gasteiger partial charge in [-0.05, 0) is 6.42 Å². The Morgan fingerprint density at radius 1 is 1.67 bits per heavy atom. The summed E-state index contributed by atoms with van der Waals surface area (Å²) in [5.74, 6) is -0.371. The van der Waals surface area contributed by atoms with Gasteiger partial charge in [0.1, 0.15) is 0 Å². The molecule has 4 nitrogen and oxygen atoms in total. The highest BCUT2D eigenvalue weighted by Gasteiger charge is 2.17. The molecular formula is C8H11NO3. The van der Waals surface area contributed by atoms with E-state index in [1.165, 1.54) is 24.3 Å². The number of amides is 1. The van der Waals surface area contributed by atoms with Crippen molar-refractivity contribution in [2.45, 2.75) is 12.8 Å². The van der Waals surface area contributed by atoms with Crippen LogP contribution in [0.4, 0.5) is 0 Å². The molecule has 0 spiro atoms. The summed E-state index contributed by atoms with van der Waals surface area (Å²) >= 11 is 0. The van der Waals surface area contributed by atoms with E-state index in [2.05, 4.69) is 4.74 Å². The number of carbonyl (C=O) groups excluding carboxylic acids is 2. The smallest absolute Gasteiger partial charge is 0.331 e. The summed E-state index contributed by atoms with van der Waals surface area (Å²) in [6, 6.07) is 0. The Kier molecular flexibility index (Phi) is 2.85. The summed E-state index contributed by atoms with van der Waals surface area (Å²) in [4.78, 5) is 23.2. The topological polar surface area (TPSA) is 46.6 Å². The molecule has 0 bridgehead atoms. The molecule has 0 unspecified atom stereocenters. The molecule has 0 saturated carbocycles. The van der Waals surface area contributed by atoms with Crippen molar-refractivity contribution < 1.29 is 14.3 Å². The SMILES string of the molecule is COC(=O)/C=C/N1CCCC1=O. The highest BCUT2D eigenvalue weighted by molar-refractivity contribution is 5.84. The lowest BCUT2D eigenvalue weighted by molar-refractivity contribution is -0.134. The van der Waals surface area contributed by atoms with Crippen LogP contribution in [0.3, 0.4) is 0 Å². The molecule has 0 aliphatic carbocycles. The molecule has 1 amide bonds. The molecule has 0 aromatic rings. The first-order chi connectivity index (χ1) is 5.74. The second-order valence-electron chi connectivity index (χ2n) is 2.53. The van der Waals surface area contributed by atoms with Crippen LogP contribution >= 0.6 is 0 Å². The maximum atomic E-state index is 11.0. The molecule has 1 rings (SSSR count). The lowest BCUT2D eigenvalue weighted by Crippen LogP contribution is -2.17. The predicted molar refractivity (Wildman–Crippen MR) is 42.1 cm³/mol. The van der Waals surface area contributed by atoms with Gasteiger partial charge in [0.05, 0.1) is 7.11 Å². The number of nitrogens with zero attached hydrogens (tertiary/aromatic N) is 1. The van der Waals surface area contributed by atoms with Crippen molar-refractivity contribution in [3.63, 3.8) is 0 Å². The molecular weight excluding hydrogens is 158 g/mol. The Morgan fingerprint density at radius 2 is 2.42 bits per heavy atom. The van der Waals surface area contributed by atoms with Crippen LogP contribution in [-0.4, -0.2) is 30.4 Å². The van der Waals surface area contributed by atoms with Crippen LogP contribution < -0.4 is 0 Å². The quantitative estimate of drug-likeness (QED) is 0.441. The summed E-state index contributed by atoms with van der Waals surface area (Å²) in [6.07, 6.45) is 4.17. The van der Waals surface area contributed by atoms with Crippen LogP contribution in [0.25, 0.3) is 0 Å². The zero-order valence-corrected chi connectivity index (χ0v) is 6.95. The molecule has 0 atom stereocenters. The van der Waals surface area contributed by atoms with Gasteiger partial charge in [-0.25, -0.2) is 4.79 Å². The minimum absolute atomic E-state index is 0.0650. The Labute approximate surface area is 70.8 Å². The minimum Gasteiger partial charge on any atom is -0.466 e. The lowest BCUT2D eigenvalue weighted by atomic mass is 10.4. The van der Waals surface area contributed by atoms with Gasteiger partial charge in [-0.2, -0.15) is 0 Å². The van der Waals surface area contributed by atoms with Crippen molar-refractivity contribution >= 4 is 11.9 Å². The van der Waals surface area contributed by atoms with Crippen molar-refractivity contribution in [1.29, 1.82) is 0 Å². The lowest BCUT2D eigenvalue weighted by Gasteiger charge is -2.07. The predicted octanol–water partition coefficient (Wildman–Crippen LogP) is 0.295. The van der Waals surface area contributed by atoms with Gasteiger partial charge in [0.2, 0.25) is 5.91 Å². The first-order valence-electron chi connectivity index (χ1n) is 3.79. The highest BCUT2D eigenvalue weighted by atomic mass is 16.5. The van der Waals surface area contributed by atoms with E-state index >= 15 is 0 Å². The van der Waals surface area contributed by atoms with Crippen molar-refractivity contribution in [3.8, 4) is 0 Å². The van der Waals surface area contributed by atoms with Gasteiger partial charge in [-0.15, -0.1) is 0 Å². The first kappa shape index (κ1) is 8.77. The number of methoxy groups -OCH3 is 1. The van der Waals surface area contributed by atoms with E-state index in [1.54, 1.807) is 0 Å².